The first-order valence-electron chi connectivity index (χ1n) is 7.63. The number of carbonyl (C=O) groups excluding carboxylic acids is 1. The summed E-state index contributed by atoms with van der Waals surface area (Å²) in [4.78, 5) is 16.5. The van der Waals surface area contributed by atoms with Crippen molar-refractivity contribution in [3.8, 4) is 11.8 Å². The molecule has 0 aromatic heterocycles. The van der Waals surface area contributed by atoms with Gasteiger partial charge < -0.3 is 14.5 Å². The molecular formula is C17H23N3O2. The number of piperidine rings is 1. The number of ether oxygens (including phenoxy) is 1. The quantitative estimate of drug-likeness (QED) is 0.852. The summed E-state index contributed by atoms with van der Waals surface area (Å²) in [5.74, 6) is 0.572. The predicted molar refractivity (Wildman–Crippen MR) is 84.5 cm³/mol. The lowest BCUT2D eigenvalue weighted by Gasteiger charge is -2.36. The Labute approximate surface area is 132 Å². The van der Waals surface area contributed by atoms with Crippen LogP contribution in [0, 0.1) is 11.3 Å². The second-order valence-corrected chi connectivity index (χ2v) is 5.92. The fourth-order valence-corrected chi connectivity index (χ4v) is 2.75. The van der Waals surface area contributed by atoms with Crippen molar-refractivity contribution in [2.45, 2.75) is 31.9 Å². The van der Waals surface area contributed by atoms with Gasteiger partial charge in [-0.1, -0.05) is 6.07 Å². The first-order valence-corrected chi connectivity index (χ1v) is 7.63. The number of carbonyl (C=O) groups is 1. The van der Waals surface area contributed by atoms with Gasteiger partial charge in [0.2, 0.25) is 0 Å². The van der Waals surface area contributed by atoms with Gasteiger partial charge in [0.1, 0.15) is 5.75 Å². The molecule has 0 aliphatic carbocycles. The van der Waals surface area contributed by atoms with Gasteiger partial charge in [-0.25, -0.2) is 0 Å². The van der Waals surface area contributed by atoms with Gasteiger partial charge in [0.05, 0.1) is 11.6 Å². The van der Waals surface area contributed by atoms with Crippen molar-refractivity contribution < 1.29 is 9.53 Å². The van der Waals surface area contributed by atoms with Gasteiger partial charge in [-0.05, 0) is 52.1 Å². The summed E-state index contributed by atoms with van der Waals surface area (Å²) in [5, 5.41) is 8.89. The average molecular weight is 301 g/mol. The Balaban J connectivity index is 1.91. The van der Waals surface area contributed by atoms with Crippen LogP contribution in [-0.4, -0.2) is 55.0 Å². The van der Waals surface area contributed by atoms with Crippen molar-refractivity contribution in [2.75, 3.05) is 27.2 Å². The van der Waals surface area contributed by atoms with Crippen LogP contribution in [0.15, 0.2) is 24.3 Å². The Morgan fingerprint density at radius 2 is 2.09 bits per heavy atom. The lowest BCUT2D eigenvalue weighted by atomic mass is 10.0. The molecule has 1 aromatic carbocycles. The fourth-order valence-electron chi connectivity index (χ4n) is 2.75. The lowest BCUT2D eigenvalue weighted by molar-refractivity contribution is -0.139. The van der Waals surface area contributed by atoms with Gasteiger partial charge in [-0.3, -0.25) is 4.79 Å². The van der Waals surface area contributed by atoms with E-state index >= 15 is 0 Å². The van der Waals surface area contributed by atoms with Gasteiger partial charge in [-0.2, -0.15) is 5.26 Å². The second kappa shape index (κ2) is 7.28. The van der Waals surface area contributed by atoms with Gasteiger partial charge in [-0.15, -0.1) is 0 Å². The second-order valence-electron chi connectivity index (χ2n) is 5.92. The summed E-state index contributed by atoms with van der Waals surface area (Å²) in [5.41, 5.74) is 0.531. The van der Waals surface area contributed by atoms with Gasteiger partial charge in [0.25, 0.3) is 5.91 Å². The molecule has 0 radical (unpaired) electrons. The largest absolute Gasteiger partial charge is 0.481 e. The highest BCUT2D eigenvalue weighted by Crippen LogP contribution is 2.18. The molecule has 0 saturated carbocycles. The molecule has 1 amide bonds. The van der Waals surface area contributed by atoms with E-state index in [0.29, 0.717) is 17.4 Å². The lowest BCUT2D eigenvalue weighted by Crippen LogP contribution is -2.48. The smallest absolute Gasteiger partial charge is 0.263 e. The molecule has 1 saturated heterocycles. The third-order valence-electron chi connectivity index (χ3n) is 4.13. The van der Waals surface area contributed by atoms with Crippen molar-refractivity contribution in [1.29, 1.82) is 5.26 Å². The Hall–Kier alpha value is -2.06. The van der Waals surface area contributed by atoms with E-state index in [1.165, 1.54) is 0 Å². The number of rotatable bonds is 4. The molecule has 1 aromatic rings. The molecule has 1 atom stereocenters. The molecule has 0 spiro atoms. The normalized spacial score (nSPS) is 17.1. The predicted octanol–water partition coefficient (Wildman–Crippen LogP) is 1.88. The fraction of sp³-hybridized carbons (Fsp3) is 0.529. The van der Waals surface area contributed by atoms with Crippen LogP contribution in [0.2, 0.25) is 0 Å². The number of nitriles is 1. The summed E-state index contributed by atoms with van der Waals surface area (Å²) >= 11 is 0. The van der Waals surface area contributed by atoms with E-state index < -0.39 is 6.10 Å². The Morgan fingerprint density at radius 1 is 1.41 bits per heavy atom. The summed E-state index contributed by atoms with van der Waals surface area (Å²) in [6.45, 7) is 3.31. The molecule has 118 valence electrons. The third-order valence-corrected chi connectivity index (χ3v) is 4.13. The first-order chi connectivity index (χ1) is 10.5. The molecule has 1 aliphatic heterocycles. The molecule has 5 nitrogen and oxygen atoms in total. The molecule has 1 aliphatic rings. The molecule has 0 bridgehead atoms. The maximum absolute atomic E-state index is 12.5. The van der Waals surface area contributed by atoms with E-state index in [-0.39, 0.29) is 5.91 Å². The Morgan fingerprint density at radius 3 is 2.68 bits per heavy atom. The minimum absolute atomic E-state index is 0.0135. The van der Waals surface area contributed by atoms with Crippen LogP contribution in [0.5, 0.6) is 5.75 Å². The number of nitrogens with zero attached hydrogens (tertiary/aromatic N) is 3. The highest BCUT2D eigenvalue weighted by Gasteiger charge is 2.27. The third kappa shape index (κ3) is 3.99. The number of amides is 1. The minimum atomic E-state index is -0.537. The van der Waals surface area contributed by atoms with E-state index in [2.05, 4.69) is 25.1 Å². The zero-order valence-corrected chi connectivity index (χ0v) is 13.5. The van der Waals surface area contributed by atoms with Gasteiger partial charge >= 0.3 is 0 Å². The Kier molecular flexibility index (Phi) is 5.40. The van der Waals surface area contributed by atoms with Crippen LogP contribution in [0.1, 0.15) is 25.3 Å². The highest BCUT2D eigenvalue weighted by molar-refractivity contribution is 5.81. The van der Waals surface area contributed by atoms with Crippen molar-refractivity contribution in [3.63, 3.8) is 0 Å². The average Bonchev–Trinajstić information content (AvgIpc) is 2.54. The Bertz CT molecular complexity index is 557. The minimum Gasteiger partial charge on any atom is -0.481 e. The molecule has 0 N–H and O–H groups in total. The van der Waals surface area contributed by atoms with Crippen molar-refractivity contribution >= 4 is 5.91 Å². The van der Waals surface area contributed by atoms with Crippen LogP contribution in [-0.2, 0) is 4.79 Å². The van der Waals surface area contributed by atoms with Crippen molar-refractivity contribution in [1.82, 2.24) is 9.80 Å². The SMILES string of the molecule is C[C@@H](Oc1cccc(C#N)c1)C(=O)N1CCC(N(C)C)CC1. The van der Waals surface area contributed by atoms with E-state index in [1.54, 1.807) is 31.2 Å². The van der Waals surface area contributed by atoms with Crippen LogP contribution < -0.4 is 4.74 Å². The molecule has 22 heavy (non-hydrogen) atoms. The highest BCUT2D eigenvalue weighted by atomic mass is 16.5. The number of likely N-dealkylation sites (tertiary alicyclic amines) is 1. The molecule has 0 unspecified atom stereocenters. The van der Waals surface area contributed by atoms with Crippen molar-refractivity contribution in [2.24, 2.45) is 0 Å². The summed E-state index contributed by atoms with van der Waals surface area (Å²) in [7, 11) is 4.16. The standard InChI is InChI=1S/C17H23N3O2/c1-13(22-16-6-4-5-14(11-16)12-18)17(21)20-9-7-15(8-10-20)19(2)3/h4-6,11,13,15H,7-10H2,1-3H3/t13-/m1/s1. The summed E-state index contributed by atoms with van der Waals surface area (Å²) in [6, 6.07) is 9.51. The number of hydrogen-bond donors (Lipinski definition) is 0. The molecule has 1 fully saturated rings. The molecule has 2 rings (SSSR count). The zero-order chi connectivity index (χ0) is 16.1. The monoisotopic (exact) mass is 301 g/mol. The first kappa shape index (κ1) is 16.3. The van der Waals surface area contributed by atoms with E-state index in [4.69, 9.17) is 10.00 Å². The number of hydrogen-bond acceptors (Lipinski definition) is 4. The van der Waals surface area contributed by atoms with E-state index in [9.17, 15) is 4.79 Å². The maximum Gasteiger partial charge on any atom is 0.263 e. The van der Waals surface area contributed by atoms with Gasteiger partial charge in [0, 0.05) is 19.1 Å². The van der Waals surface area contributed by atoms with Crippen LogP contribution >= 0.6 is 0 Å². The number of benzene rings is 1. The van der Waals surface area contributed by atoms with E-state index in [0.717, 1.165) is 25.9 Å². The maximum atomic E-state index is 12.5. The van der Waals surface area contributed by atoms with E-state index in [1.807, 2.05) is 4.90 Å². The molecule has 5 heteroatoms. The van der Waals surface area contributed by atoms with Crippen molar-refractivity contribution in [3.05, 3.63) is 29.8 Å². The topological polar surface area (TPSA) is 56.6 Å². The van der Waals surface area contributed by atoms with Gasteiger partial charge in [0.15, 0.2) is 6.10 Å². The van der Waals surface area contributed by atoms with Crippen LogP contribution in [0.4, 0.5) is 0 Å². The summed E-state index contributed by atoms with van der Waals surface area (Å²) < 4.78 is 5.69. The zero-order valence-electron chi connectivity index (χ0n) is 13.5. The van der Waals surface area contributed by atoms with Crippen LogP contribution in [0.25, 0.3) is 0 Å². The summed E-state index contributed by atoms with van der Waals surface area (Å²) in [6.07, 6.45) is 1.45. The molecule has 1 heterocycles. The van der Waals surface area contributed by atoms with Crippen LogP contribution in [0.3, 0.4) is 0 Å². The molecular weight excluding hydrogens is 278 g/mol.